The van der Waals surface area contributed by atoms with E-state index < -0.39 is 22.2 Å². The molecule has 2 saturated carbocycles. The lowest BCUT2D eigenvalue weighted by atomic mass is 9.57. The van der Waals surface area contributed by atoms with E-state index in [9.17, 15) is 4.79 Å². The van der Waals surface area contributed by atoms with E-state index in [1.54, 1.807) is 0 Å². The molecule has 0 aliphatic heterocycles. The highest BCUT2D eigenvalue weighted by molar-refractivity contribution is 6.74. The first-order valence-electron chi connectivity index (χ1n) is 11.5. The molecule has 166 valence electrons. The van der Waals surface area contributed by atoms with Gasteiger partial charge in [-0.25, -0.2) is 0 Å². The van der Waals surface area contributed by atoms with Crippen molar-refractivity contribution in [3.05, 3.63) is 11.6 Å². The van der Waals surface area contributed by atoms with E-state index in [2.05, 4.69) is 80.4 Å². The summed E-state index contributed by atoms with van der Waals surface area (Å²) in [5, 5.41) is 0.163. The molecule has 4 atom stereocenters. The summed E-state index contributed by atoms with van der Waals surface area (Å²) >= 11 is 0. The molecule has 2 fully saturated rings. The van der Waals surface area contributed by atoms with Crippen LogP contribution in [0.1, 0.15) is 60.8 Å². The number of fused-ring (bicyclic) bond motifs is 1. The maximum atomic E-state index is 13.7. The standard InChI is InChI=1S/C24H44O3Si2/c1-17-14-23(16-26-29(10,11)21(3,4)5)15-18(2)24(12-13-24)22(6,20(23)19(17)25)27-28(7,8)9/h15,17,20H,12-14,16H2,1-11H3/t17-,20-,22+,23+/m1/s1. The fourth-order valence-corrected chi connectivity index (χ4v) is 8.73. The van der Waals surface area contributed by atoms with Crippen molar-refractivity contribution in [2.45, 2.75) is 104 Å². The normalized spacial score (nSPS) is 36.9. The average Bonchev–Trinajstić information content (AvgIpc) is 3.27. The molecule has 0 N–H and O–H groups in total. The molecule has 5 heteroatoms. The Labute approximate surface area is 181 Å². The number of carbonyl (C=O) groups excluding carboxylic acids is 1. The Bertz CT molecular complexity index is 723. The highest BCUT2D eigenvalue weighted by atomic mass is 28.4. The first kappa shape index (κ1) is 23.4. The number of hydrogen-bond donors (Lipinski definition) is 0. The molecular weight excluding hydrogens is 392 g/mol. The number of hydrogen-bond acceptors (Lipinski definition) is 3. The van der Waals surface area contributed by atoms with E-state index in [-0.39, 0.29) is 27.7 Å². The van der Waals surface area contributed by atoms with Crippen LogP contribution in [0.5, 0.6) is 0 Å². The van der Waals surface area contributed by atoms with E-state index in [4.69, 9.17) is 8.85 Å². The summed E-state index contributed by atoms with van der Waals surface area (Å²) in [4.78, 5) is 13.7. The summed E-state index contributed by atoms with van der Waals surface area (Å²) in [6.45, 7) is 25.6. The molecule has 0 aromatic rings. The van der Waals surface area contributed by atoms with Crippen LogP contribution in [0.3, 0.4) is 0 Å². The molecule has 3 nitrogen and oxygen atoms in total. The molecule has 0 bridgehead atoms. The first-order valence-corrected chi connectivity index (χ1v) is 17.8. The van der Waals surface area contributed by atoms with Crippen LogP contribution in [0.25, 0.3) is 0 Å². The predicted molar refractivity (Wildman–Crippen MR) is 126 cm³/mol. The molecule has 0 heterocycles. The Morgan fingerprint density at radius 1 is 1.14 bits per heavy atom. The molecule has 0 saturated heterocycles. The van der Waals surface area contributed by atoms with Gasteiger partial charge >= 0.3 is 0 Å². The predicted octanol–water partition coefficient (Wildman–Crippen LogP) is 6.57. The minimum atomic E-state index is -1.91. The highest BCUT2D eigenvalue weighted by Crippen LogP contribution is 2.71. The number of ketones is 1. The van der Waals surface area contributed by atoms with Crippen molar-refractivity contribution < 1.29 is 13.6 Å². The van der Waals surface area contributed by atoms with Crippen LogP contribution >= 0.6 is 0 Å². The van der Waals surface area contributed by atoms with Crippen LogP contribution in [-0.2, 0) is 13.6 Å². The van der Waals surface area contributed by atoms with Gasteiger partial charge in [0.25, 0.3) is 0 Å². The van der Waals surface area contributed by atoms with Crippen LogP contribution in [-0.4, -0.2) is 34.6 Å². The van der Waals surface area contributed by atoms with Crippen molar-refractivity contribution in [2.24, 2.45) is 22.7 Å². The van der Waals surface area contributed by atoms with Crippen LogP contribution < -0.4 is 0 Å². The molecule has 3 aliphatic rings. The molecule has 0 radical (unpaired) electrons. The first-order chi connectivity index (χ1) is 12.9. The van der Waals surface area contributed by atoms with E-state index >= 15 is 0 Å². The smallest absolute Gasteiger partial charge is 0.192 e. The number of Topliss-reactive ketones (excluding diaryl/α,β-unsaturated/α-hetero) is 1. The fourth-order valence-electron chi connectivity index (χ4n) is 6.08. The summed E-state index contributed by atoms with van der Waals surface area (Å²) < 4.78 is 13.8. The van der Waals surface area contributed by atoms with Gasteiger partial charge in [0, 0.05) is 23.4 Å². The van der Waals surface area contributed by atoms with Gasteiger partial charge in [0.2, 0.25) is 0 Å². The molecule has 29 heavy (non-hydrogen) atoms. The number of carbonyl (C=O) groups is 1. The van der Waals surface area contributed by atoms with Gasteiger partial charge in [-0.2, -0.15) is 0 Å². The lowest BCUT2D eigenvalue weighted by Gasteiger charge is -2.55. The Morgan fingerprint density at radius 3 is 2.14 bits per heavy atom. The van der Waals surface area contributed by atoms with Crippen LogP contribution in [0, 0.1) is 22.7 Å². The molecule has 0 aromatic heterocycles. The second-order valence-corrected chi connectivity index (χ2v) is 22.2. The topological polar surface area (TPSA) is 35.5 Å². The third-order valence-electron chi connectivity index (χ3n) is 8.57. The molecule has 1 spiro atoms. The summed E-state index contributed by atoms with van der Waals surface area (Å²) in [6.07, 6.45) is 5.65. The van der Waals surface area contributed by atoms with Crippen LogP contribution in [0.15, 0.2) is 11.6 Å². The van der Waals surface area contributed by atoms with Gasteiger partial charge in [-0.05, 0) is 70.9 Å². The van der Waals surface area contributed by atoms with Crippen molar-refractivity contribution in [3.8, 4) is 0 Å². The van der Waals surface area contributed by atoms with Crippen molar-refractivity contribution in [1.29, 1.82) is 0 Å². The summed E-state index contributed by atoms with van der Waals surface area (Å²) in [6, 6.07) is 0. The summed E-state index contributed by atoms with van der Waals surface area (Å²) in [5.74, 6) is 0.387. The maximum Gasteiger partial charge on any atom is 0.192 e. The Balaban J connectivity index is 2.08. The quantitative estimate of drug-likeness (QED) is 0.361. The van der Waals surface area contributed by atoms with Crippen LogP contribution in [0.4, 0.5) is 0 Å². The lowest BCUT2D eigenvalue weighted by molar-refractivity contribution is -0.141. The minimum absolute atomic E-state index is 0.0537. The lowest BCUT2D eigenvalue weighted by Crippen LogP contribution is -2.61. The fraction of sp³-hybridized carbons (Fsp3) is 0.875. The van der Waals surface area contributed by atoms with Gasteiger partial charge in [-0.3, -0.25) is 4.79 Å². The molecule has 0 amide bonds. The van der Waals surface area contributed by atoms with E-state index in [1.807, 2.05) is 0 Å². The molecule has 3 aliphatic carbocycles. The second-order valence-electron chi connectivity index (χ2n) is 13.0. The zero-order valence-electron chi connectivity index (χ0n) is 20.8. The van der Waals surface area contributed by atoms with Crippen molar-refractivity contribution in [1.82, 2.24) is 0 Å². The maximum absolute atomic E-state index is 13.7. The molecule has 3 rings (SSSR count). The third-order valence-corrected chi connectivity index (χ3v) is 14.1. The minimum Gasteiger partial charge on any atom is -0.416 e. The second kappa shape index (κ2) is 6.63. The zero-order valence-corrected chi connectivity index (χ0v) is 22.8. The molecule has 0 aromatic carbocycles. The Hall–Kier alpha value is -0.236. The van der Waals surface area contributed by atoms with Gasteiger partial charge in [-0.15, -0.1) is 0 Å². The van der Waals surface area contributed by atoms with Crippen molar-refractivity contribution in [3.63, 3.8) is 0 Å². The Kier molecular flexibility index (Phi) is 5.36. The van der Waals surface area contributed by atoms with Gasteiger partial charge in [-0.1, -0.05) is 39.3 Å². The van der Waals surface area contributed by atoms with Crippen LogP contribution in [0.2, 0.25) is 37.8 Å². The SMILES string of the molecule is CC1=C[C@]2(CO[Si](C)(C)C(C)(C)C)C[C@@H](C)C(=O)[C@@H]2[C@](C)(O[Si](C)(C)C)C12CC2. The van der Waals surface area contributed by atoms with Gasteiger partial charge in [0.15, 0.2) is 16.6 Å². The van der Waals surface area contributed by atoms with Gasteiger partial charge in [0.1, 0.15) is 5.78 Å². The largest absolute Gasteiger partial charge is 0.416 e. The average molecular weight is 437 g/mol. The third kappa shape index (κ3) is 3.58. The molecule has 0 unspecified atom stereocenters. The molecular formula is C24H44O3Si2. The van der Waals surface area contributed by atoms with Crippen molar-refractivity contribution >= 4 is 22.4 Å². The van der Waals surface area contributed by atoms with E-state index in [0.29, 0.717) is 12.4 Å². The summed E-state index contributed by atoms with van der Waals surface area (Å²) in [7, 11) is -3.75. The van der Waals surface area contributed by atoms with Gasteiger partial charge in [0.05, 0.1) is 11.5 Å². The monoisotopic (exact) mass is 436 g/mol. The zero-order chi connectivity index (χ0) is 22.3. The summed E-state index contributed by atoms with van der Waals surface area (Å²) in [5.41, 5.74) is 0.862. The Morgan fingerprint density at radius 2 is 1.69 bits per heavy atom. The van der Waals surface area contributed by atoms with Gasteiger partial charge < -0.3 is 8.85 Å². The van der Waals surface area contributed by atoms with E-state index in [0.717, 1.165) is 19.3 Å². The highest BCUT2D eigenvalue weighted by Gasteiger charge is 2.72. The van der Waals surface area contributed by atoms with E-state index in [1.165, 1.54) is 5.57 Å². The van der Waals surface area contributed by atoms with Crippen molar-refractivity contribution in [2.75, 3.05) is 6.61 Å². The number of rotatable bonds is 5.